The van der Waals surface area contributed by atoms with Gasteiger partial charge in [0.1, 0.15) is 0 Å². The zero-order chi connectivity index (χ0) is 15.1. The van der Waals surface area contributed by atoms with E-state index in [1.54, 1.807) is 12.1 Å². The molecule has 1 unspecified atom stereocenters. The lowest BCUT2D eigenvalue weighted by atomic mass is 10.1. The van der Waals surface area contributed by atoms with Crippen LogP contribution in [0.15, 0.2) is 18.2 Å². The Labute approximate surface area is 130 Å². The average Bonchev–Trinajstić information content (AvgIpc) is 2.99. The van der Waals surface area contributed by atoms with Crippen molar-refractivity contribution < 1.29 is 8.78 Å². The van der Waals surface area contributed by atoms with E-state index < -0.39 is 11.6 Å². The zero-order valence-corrected chi connectivity index (χ0v) is 13.5. The number of hydrogen-bond acceptors (Lipinski definition) is 2. The van der Waals surface area contributed by atoms with Crippen molar-refractivity contribution in [1.29, 1.82) is 0 Å². The second kappa shape index (κ2) is 8.74. The number of halogens is 2. The Hall–Kier alpha value is -0.610. The lowest BCUT2D eigenvalue weighted by Crippen LogP contribution is -2.34. The molecule has 1 fully saturated rings. The van der Waals surface area contributed by atoms with Crippen LogP contribution >= 0.6 is 11.8 Å². The van der Waals surface area contributed by atoms with Crippen LogP contribution in [0.4, 0.5) is 8.78 Å². The second-order valence-corrected chi connectivity index (χ2v) is 7.14. The predicted octanol–water partition coefficient (Wildman–Crippen LogP) is 4.55. The van der Waals surface area contributed by atoms with E-state index in [0.717, 1.165) is 24.0 Å². The summed E-state index contributed by atoms with van der Waals surface area (Å²) in [5.41, 5.74) is 0.482. The molecule has 0 radical (unpaired) electrons. The molecule has 1 atom stereocenters. The third kappa shape index (κ3) is 5.26. The molecule has 1 nitrogen and oxygen atoms in total. The molecule has 2 rings (SSSR count). The Bertz CT molecular complexity index is 433. The maximum atomic E-state index is 13.8. The molecule has 1 aromatic carbocycles. The van der Waals surface area contributed by atoms with Crippen LogP contribution in [0.2, 0.25) is 0 Å². The van der Waals surface area contributed by atoms with Crippen LogP contribution in [0.3, 0.4) is 0 Å². The Morgan fingerprint density at radius 3 is 2.76 bits per heavy atom. The van der Waals surface area contributed by atoms with Gasteiger partial charge in [0.2, 0.25) is 0 Å². The van der Waals surface area contributed by atoms with E-state index in [9.17, 15) is 8.78 Å². The van der Waals surface area contributed by atoms with Gasteiger partial charge in [-0.15, -0.1) is 0 Å². The van der Waals surface area contributed by atoms with E-state index >= 15 is 0 Å². The topological polar surface area (TPSA) is 12.0 Å². The number of thioether (sulfide) groups is 1. The molecule has 0 amide bonds. The van der Waals surface area contributed by atoms with Gasteiger partial charge >= 0.3 is 0 Å². The first-order chi connectivity index (χ1) is 10.2. The fourth-order valence-electron chi connectivity index (χ4n) is 2.82. The summed E-state index contributed by atoms with van der Waals surface area (Å²) in [4.78, 5) is 0. The molecule has 1 aromatic rings. The van der Waals surface area contributed by atoms with Crippen LogP contribution in [-0.4, -0.2) is 23.6 Å². The molecule has 21 heavy (non-hydrogen) atoms. The predicted molar refractivity (Wildman–Crippen MR) is 86.9 cm³/mol. The quantitative estimate of drug-likeness (QED) is 0.755. The van der Waals surface area contributed by atoms with Crippen LogP contribution < -0.4 is 5.32 Å². The summed E-state index contributed by atoms with van der Waals surface area (Å²) >= 11 is 1.99. The van der Waals surface area contributed by atoms with Crippen molar-refractivity contribution in [3.05, 3.63) is 35.4 Å². The monoisotopic (exact) mass is 313 g/mol. The van der Waals surface area contributed by atoms with Crippen molar-refractivity contribution in [2.45, 2.75) is 56.7 Å². The standard InChI is InChI=1S/C17H25F2NS/c1-2-10-20-14(12-21-15-7-3-4-8-15)11-13-6-5-9-16(18)17(13)19/h5-6,9,14-15,20H,2-4,7-8,10-12H2,1H3. The normalized spacial score (nSPS) is 17.3. The molecule has 0 heterocycles. The van der Waals surface area contributed by atoms with Gasteiger partial charge in [-0.05, 0) is 43.9 Å². The second-order valence-electron chi connectivity index (χ2n) is 5.81. The number of hydrogen-bond donors (Lipinski definition) is 1. The van der Waals surface area contributed by atoms with Gasteiger partial charge in [-0.3, -0.25) is 0 Å². The van der Waals surface area contributed by atoms with E-state index in [4.69, 9.17) is 0 Å². The molecule has 1 aliphatic rings. The summed E-state index contributed by atoms with van der Waals surface area (Å²) < 4.78 is 27.1. The molecular formula is C17H25F2NS. The third-order valence-corrected chi connectivity index (χ3v) is 5.55. The van der Waals surface area contributed by atoms with Gasteiger partial charge < -0.3 is 5.32 Å². The number of rotatable bonds is 8. The van der Waals surface area contributed by atoms with Gasteiger partial charge in [0.25, 0.3) is 0 Å². The Morgan fingerprint density at radius 1 is 1.29 bits per heavy atom. The first-order valence-electron chi connectivity index (χ1n) is 7.98. The van der Waals surface area contributed by atoms with Gasteiger partial charge in [0.15, 0.2) is 11.6 Å². The van der Waals surface area contributed by atoms with Crippen LogP contribution in [0, 0.1) is 11.6 Å². The lowest BCUT2D eigenvalue weighted by molar-refractivity contribution is 0.483. The van der Waals surface area contributed by atoms with Crippen molar-refractivity contribution in [2.75, 3.05) is 12.3 Å². The minimum Gasteiger partial charge on any atom is -0.313 e. The maximum absolute atomic E-state index is 13.8. The van der Waals surface area contributed by atoms with Gasteiger partial charge in [-0.2, -0.15) is 11.8 Å². The molecule has 1 aliphatic carbocycles. The van der Waals surface area contributed by atoms with Gasteiger partial charge in [0, 0.05) is 17.0 Å². The number of nitrogens with one attached hydrogen (secondary N) is 1. The van der Waals surface area contributed by atoms with Gasteiger partial charge in [0.05, 0.1) is 0 Å². The highest BCUT2D eigenvalue weighted by molar-refractivity contribution is 7.99. The van der Waals surface area contributed by atoms with E-state index in [1.807, 2.05) is 11.8 Å². The lowest BCUT2D eigenvalue weighted by Gasteiger charge is -2.20. The summed E-state index contributed by atoms with van der Waals surface area (Å²) in [6.07, 6.45) is 6.89. The molecule has 0 aromatic heterocycles. The van der Waals surface area contributed by atoms with Gasteiger partial charge in [-0.25, -0.2) is 8.78 Å². The highest BCUT2D eigenvalue weighted by Crippen LogP contribution is 2.30. The van der Waals surface area contributed by atoms with Crippen LogP contribution in [0.5, 0.6) is 0 Å². The van der Waals surface area contributed by atoms with Crippen molar-refractivity contribution >= 4 is 11.8 Å². The van der Waals surface area contributed by atoms with Crippen molar-refractivity contribution in [3.63, 3.8) is 0 Å². The van der Waals surface area contributed by atoms with Crippen molar-refractivity contribution in [1.82, 2.24) is 5.32 Å². The molecule has 0 bridgehead atoms. The summed E-state index contributed by atoms with van der Waals surface area (Å²) in [5.74, 6) is -0.461. The molecule has 1 saturated carbocycles. The maximum Gasteiger partial charge on any atom is 0.162 e. The first kappa shape index (κ1) is 16.8. The van der Waals surface area contributed by atoms with Crippen LogP contribution in [0.25, 0.3) is 0 Å². The summed E-state index contributed by atoms with van der Waals surface area (Å²) in [5, 5.41) is 4.24. The Balaban J connectivity index is 1.92. The molecular weight excluding hydrogens is 288 g/mol. The van der Waals surface area contributed by atoms with E-state index in [1.165, 1.54) is 31.7 Å². The smallest absolute Gasteiger partial charge is 0.162 e. The molecule has 1 N–H and O–H groups in total. The Kier molecular flexibility index (Phi) is 6.97. The third-order valence-electron chi connectivity index (χ3n) is 4.02. The van der Waals surface area contributed by atoms with E-state index in [-0.39, 0.29) is 6.04 Å². The average molecular weight is 313 g/mol. The molecule has 118 valence electrons. The highest BCUT2D eigenvalue weighted by Gasteiger charge is 2.19. The Morgan fingerprint density at radius 2 is 2.05 bits per heavy atom. The highest BCUT2D eigenvalue weighted by atomic mass is 32.2. The van der Waals surface area contributed by atoms with E-state index in [0.29, 0.717) is 12.0 Å². The largest absolute Gasteiger partial charge is 0.313 e. The minimum absolute atomic E-state index is 0.215. The van der Waals surface area contributed by atoms with E-state index in [2.05, 4.69) is 12.2 Å². The van der Waals surface area contributed by atoms with Crippen molar-refractivity contribution in [2.24, 2.45) is 0 Å². The summed E-state index contributed by atoms with van der Waals surface area (Å²) in [6, 6.07) is 4.68. The summed E-state index contributed by atoms with van der Waals surface area (Å²) in [7, 11) is 0. The minimum atomic E-state index is -0.745. The molecule has 4 heteroatoms. The number of benzene rings is 1. The summed E-state index contributed by atoms with van der Waals surface area (Å²) in [6.45, 7) is 3.05. The molecule has 0 aliphatic heterocycles. The SMILES string of the molecule is CCCNC(CSC1CCCC1)Cc1cccc(F)c1F. The fourth-order valence-corrected chi connectivity index (χ4v) is 4.22. The molecule has 0 spiro atoms. The van der Waals surface area contributed by atoms with Crippen LogP contribution in [-0.2, 0) is 6.42 Å². The molecule has 0 saturated heterocycles. The zero-order valence-electron chi connectivity index (χ0n) is 12.7. The van der Waals surface area contributed by atoms with Crippen LogP contribution in [0.1, 0.15) is 44.6 Å². The van der Waals surface area contributed by atoms with Crippen molar-refractivity contribution in [3.8, 4) is 0 Å². The fraction of sp³-hybridized carbons (Fsp3) is 0.647. The van der Waals surface area contributed by atoms with Gasteiger partial charge in [-0.1, -0.05) is 31.9 Å². The first-order valence-corrected chi connectivity index (χ1v) is 9.03.